The predicted molar refractivity (Wildman–Crippen MR) is 86.2 cm³/mol. The summed E-state index contributed by atoms with van der Waals surface area (Å²) in [6, 6.07) is -0.700. The zero-order chi connectivity index (χ0) is 18.2. The molecule has 0 aliphatic carbocycles. The van der Waals surface area contributed by atoms with Crippen LogP contribution in [0.5, 0.6) is 0 Å². The Balaban J connectivity index is 4.22. The summed E-state index contributed by atoms with van der Waals surface area (Å²) in [6.45, 7) is 0.569. The second-order valence-electron chi connectivity index (χ2n) is 5.08. The van der Waals surface area contributed by atoms with Crippen molar-refractivity contribution in [2.45, 2.75) is 31.7 Å². The molecule has 0 heterocycles. The van der Waals surface area contributed by atoms with E-state index in [1.165, 1.54) is 14.2 Å². The summed E-state index contributed by atoms with van der Waals surface area (Å²) in [7, 11) is 2.83. The zero-order valence-corrected chi connectivity index (χ0v) is 14.3. The van der Waals surface area contributed by atoms with Crippen LogP contribution in [0.15, 0.2) is 0 Å². The number of carbonyl (C=O) groups is 4. The van der Waals surface area contributed by atoms with Crippen molar-refractivity contribution in [2.24, 2.45) is 0 Å². The maximum Gasteiger partial charge on any atom is 0.246 e. The van der Waals surface area contributed by atoms with E-state index >= 15 is 0 Å². The highest BCUT2D eigenvalue weighted by Crippen LogP contribution is 2.01. The number of hydrogen-bond donors (Lipinski definition) is 3. The minimum absolute atomic E-state index is 0.00877. The van der Waals surface area contributed by atoms with E-state index in [0.717, 1.165) is 0 Å². The molecule has 9 nitrogen and oxygen atoms in total. The van der Waals surface area contributed by atoms with Gasteiger partial charge in [-0.3, -0.25) is 14.4 Å². The lowest BCUT2D eigenvalue weighted by atomic mass is 10.1. The molecule has 0 saturated carbocycles. The number of aldehydes is 1. The molecule has 0 radical (unpaired) electrons. The maximum absolute atomic E-state index is 12.0. The van der Waals surface area contributed by atoms with E-state index in [2.05, 4.69) is 16.0 Å². The minimum Gasteiger partial charge on any atom is -0.375 e. The summed E-state index contributed by atoms with van der Waals surface area (Å²) in [4.78, 5) is 45.1. The van der Waals surface area contributed by atoms with Crippen molar-refractivity contribution < 1.29 is 28.7 Å². The van der Waals surface area contributed by atoms with Gasteiger partial charge in [-0.15, -0.1) is 0 Å². The van der Waals surface area contributed by atoms with Crippen LogP contribution in [-0.4, -0.2) is 70.6 Å². The zero-order valence-electron chi connectivity index (χ0n) is 14.3. The molecule has 0 rings (SSSR count). The molecule has 0 aromatic rings. The van der Waals surface area contributed by atoms with Gasteiger partial charge >= 0.3 is 0 Å². The molecule has 24 heavy (non-hydrogen) atoms. The number of rotatable bonds is 14. The van der Waals surface area contributed by atoms with E-state index < -0.39 is 6.04 Å². The molecule has 0 aliphatic heterocycles. The predicted octanol–water partition coefficient (Wildman–Crippen LogP) is -1.24. The number of unbranched alkanes of at least 4 members (excludes halogenated alkanes) is 1. The van der Waals surface area contributed by atoms with Crippen LogP contribution in [0.4, 0.5) is 0 Å². The highest BCUT2D eigenvalue weighted by molar-refractivity contribution is 5.88. The monoisotopic (exact) mass is 345 g/mol. The van der Waals surface area contributed by atoms with Crippen LogP contribution >= 0.6 is 0 Å². The molecule has 1 atom stereocenters. The summed E-state index contributed by atoms with van der Waals surface area (Å²) in [5.41, 5.74) is 0. The highest BCUT2D eigenvalue weighted by atomic mass is 16.5. The lowest BCUT2D eigenvalue weighted by Crippen LogP contribution is -2.48. The van der Waals surface area contributed by atoms with Gasteiger partial charge < -0.3 is 30.2 Å². The Kier molecular flexibility index (Phi) is 13.4. The van der Waals surface area contributed by atoms with Crippen molar-refractivity contribution in [3.63, 3.8) is 0 Å². The van der Waals surface area contributed by atoms with Gasteiger partial charge in [-0.1, -0.05) is 0 Å². The summed E-state index contributed by atoms with van der Waals surface area (Å²) >= 11 is 0. The van der Waals surface area contributed by atoms with Gasteiger partial charge in [0.05, 0.1) is 0 Å². The third-order valence-electron chi connectivity index (χ3n) is 3.01. The Morgan fingerprint density at radius 1 is 0.958 bits per heavy atom. The number of ether oxygens (including phenoxy) is 2. The van der Waals surface area contributed by atoms with Crippen LogP contribution in [0.2, 0.25) is 0 Å². The van der Waals surface area contributed by atoms with Gasteiger partial charge in [0.2, 0.25) is 17.7 Å². The largest absolute Gasteiger partial charge is 0.375 e. The Morgan fingerprint density at radius 2 is 1.62 bits per heavy atom. The lowest BCUT2D eigenvalue weighted by Gasteiger charge is -2.18. The normalized spacial score (nSPS) is 11.4. The van der Waals surface area contributed by atoms with Gasteiger partial charge in [0.1, 0.15) is 25.5 Å². The quantitative estimate of drug-likeness (QED) is 0.267. The molecule has 0 aromatic carbocycles. The van der Waals surface area contributed by atoms with Crippen LogP contribution in [0.1, 0.15) is 25.7 Å². The number of amides is 3. The Bertz CT molecular complexity index is 403. The van der Waals surface area contributed by atoms with E-state index in [1.54, 1.807) is 0 Å². The van der Waals surface area contributed by atoms with E-state index in [4.69, 9.17) is 9.47 Å². The number of nitrogens with one attached hydrogen (secondary N) is 3. The highest BCUT2D eigenvalue weighted by Gasteiger charge is 2.19. The maximum atomic E-state index is 12.0. The fraction of sp³-hybridized carbons (Fsp3) is 0.733. The van der Waals surface area contributed by atoms with Crippen molar-refractivity contribution >= 4 is 24.0 Å². The topological polar surface area (TPSA) is 123 Å². The molecule has 0 fully saturated rings. The SMILES string of the molecule is COCC(=O)NCCCCC(NC(=O)COC)C(=O)NCCC=O. The van der Waals surface area contributed by atoms with Crippen molar-refractivity contribution in [3.05, 3.63) is 0 Å². The fourth-order valence-electron chi connectivity index (χ4n) is 1.90. The molecule has 0 aliphatic rings. The number of methoxy groups -OCH3 is 2. The second-order valence-corrected chi connectivity index (χ2v) is 5.08. The third kappa shape index (κ3) is 11.6. The molecule has 0 bridgehead atoms. The van der Waals surface area contributed by atoms with E-state index in [0.29, 0.717) is 32.1 Å². The third-order valence-corrected chi connectivity index (χ3v) is 3.01. The average Bonchev–Trinajstić information content (AvgIpc) is 2.54. The molecule has 0 spiro atoms. The Morgan fingerprint density at radius 3 is 2.25 bits per heavy atom. The lowest BCUT2D eigenvalue weighted by molar-refractivity contribution is -0.131. The van der Waals surface area contributed by atoms with Crippen molar-refractivity contribution in [1.82, 2.24) is 16.0 Å². The van der Waals surface area contributed by atoms with Crippen molar-refractivity contribution in [1.29, 1.82) is 0 Å². The molecule has 3 amide bonds. The summed E-state index contributed by atoms with van der Waals surface area (Å²) < 4.78 is 9.42. The van der Waals surface area contributed by atoms with Crippen LogP contribution in [0.3, 0.4) is 0 Å². The van der Waals surface area contributed by atoms with E-state index in [9.17, 15) is 19.2 Å². The molecule has 3 N–H and O–H groups in total. The van der Waals surface area contributed by atoms with Crippen molar-refractivity contribution in [3.8, 4) is 0 Å². The molecule has 0 saturated heterocycles. The number of carbonyl (C=O) groups excluding carboxylic acids is 4. The van der Waals surface area contributed by atoms with Crippen LogP contribution in [0.25, 0.3) is 0 Å². The first-order valence-electron chi connectivity index (χ1n) is 7.80. The first-order chi connectivity index (χ1) is 11.5. The molecule has 0 aromatic heterocycles. The smallest absolute Gasteiger partial charge is 0.246 e. The summed E-state index contributed by atoms with van der Waals surface area (Å²) in [6.07, 6.45) is 2.64. The average molecular weight is 345 g/mol. The molecule has 9 heteroatoms. The van der Waals surface area contributed by atoms with Gasteiger partial charge in [0.25, 0.3) is 0 Å². The molecule has 138 valence electrons. The van der Waals surface area contributed by atoms with Gasteiger partial charge in [-0.05, 0) is 19.3 Å². The van der Waals surface area contributed by atoms with Crippen LogP contribution in [-0.2, 0) is 28.7 Å². The van der Waals surface area contributed by atoms with E-state index in [-0.39, 0.29) is 43.9 Å². The molecular formula is C15H27N3O6. The van der Waals surface area contributed by atoms with Crippen molar-refractivity contribution in [2.75, 3.05) is 40.5 Å². The number of hydrogen-bond acceptors (Lipinski definition) is 6. The standard InChI is InChI=1S/C15H27N3O6/c1-23-10-13(20)16-7-4-3-6-12(18-14(21)11-24-2)15(22)17-8-5-9-19/h9,12H,3-8,10-11H2,1-2H3,(H,16,20)(H,17,22)(H,18,21). The summed E-state index contributed by atoms with van der Waals surface area (Å²) in [5.74, 6) is -0.930. The Hall–Kier alpha value is -2.00. The van der Waals surface area contributed by atoms with Crippen LogP contribution < -0.4 is 16.0 Å². The fourth-order valence-corrected chi connectivity index (χ4v) is 1.90. The second kappa shape index (κ2) is 14.6. The minimum atomic E-state index is -0.700. The van der Waals surface area contributed by atoms with Gasteiger partial charge in [-0.25, -0.2) is 0 Å². The first kappa shape index (κ1) is 22.0. The first-order valence-corrected chi connectivity index (χ1v) is 7.80. The molecular weight excluding hydrogens is 318 g/mol. The van der Waals surface area contributed by atoms with Gasteiger partial charge in [-0.2, -0.15) is 0 Å². The Labute approximate surface area is 141 Å². The van der Waals surface area contributed by atoms with Crippen LogP contribution in [0, 0.1) is 0 Å². The summed E-state index contributed by atoms with van der Waals surface area (Å²) in [5, 5.41) is 7.87. The molecule has 1 unspecified atom stereocenters. The van der Waals surface area contributed by atoms with E-state index in [1.807, 2.05) is 0 Å². The van der Waals surface area contributed by atoms with Gasteiger partial charge in [0, 0.05) is 33.7 Å². The van der Waals surface area contributed by atoms with Gasteiger partial charge in [0.15, 0.2) is 0 Å².